The molecule has 1 unspecified atom stereocenters. The van der Waals surface area contributed by atoms with Crippen LogP contribution in [-0.4, -0.2) is 61.4 Å². The number of rotatable bonds is 3. The largest absolute Gasteiger partial charge is 0.440 e. The number of hydrogen-bond donors (Lipinski definition) is 0. The van der Waals surface area contributed by atoms with E-state index in [0.717, 1.165) is 4.90 Å². The van der Waals surface area contributed by atoms with Gasteiger partial charge in [0, 0.05) is 23.8 Å². The molecule has 0 aliphatic carbocycles. The van der Waals surface area contributed by atoms with Gasteiger partial charge in [-0.1, -0.05) is 6.92 Å². The second-order valence-electron chi connectivity index (χ2n) is 3.84. The fourth-order valence-electron chi connectivity index (χ4n) is 1.51. The highest BCUT2D eigenvalue weighted by atomic mass is 32.2. The lowest BCUT2D eigenvalue weighted by Gasteiger charge is -2.33. The highest BCUT2D eigenvalue weighted by molar-refractivity contribution is 8.01. The van der Waals surface area contributed by atoms with Gasteiger partial charge in [0.1, 0.15) is 5.37 Å². The number of halogens is 3. The summed E-state index contributed by atoms with van der Waals surface area (Å²) in [6.07, 6.45) is -5.86. The monoisotopic (exact) mass is 321 g/mol. The molecule has 0 radical (unpaired) electrons. The minimum Gasteiger partial charge on any atom is -0.440 e. The summed E-state index contributed by atoms with van der Waals surface area (Å²) in [7, 11) is -3.55. The topological polar surface area (TPSA) is 63.7 Å². The fourth-order valence-corrected chi connectivity index (χ4v) is 4.46. The van der Waals surface area contributed by atoms with Crippen LogP contribution < -0.4 is 0 Å². The molecule has 1 aliphatic rings. The Kier molecular flexibility index (Phi) is 5.36. The summed E-state index contributed by atoms with van der Waals surface area (Å²) in [6, 6.07) is 0. The van der Waals surface area contributed by atoms with Crippen LogP contribution in [0.2, 0.25) is 0 Å². The third-order valence-electron chi connectivity index (χ3n) is 2.50. The van der Waals surface area contributed by atoms with Crippen LogP contribution in [0.5, 0.6) is 0 Å². The molecule has 0 aromatic heterocycles. The van der Waals surface area contributed by atoms with Crippen molar-refractivity contribution in [2.45, 2.75) is 18.5 Å². The summed E-state index contributed by atoms with van der Waals surface area (Å²) >= 11 is 1.34. The van der Waals surface area contributed by atoms with Crippen LogP contribution in [-0.2, 0) is 14.6 Å². The molecule has 112 valence electrons. The predicted molar refractivity (Wildman–Crippen MR) is 64.7 cm³/mol. The summed E-state index contributed by atoms with van der Waals surface area (Å²) in [6.45, 7) is -0.229. The van der Waals surface area contributed by atoms with E-state index in [1.165, 1.54) is 18.7 Å². The lowest BCUT2D eigenvalue weighted by molar-refractivity contribution is -0.162. The standard InChI is InChI=1S/C9H14F3NO4S2/c1-2-19(15,16)7-5-18-4-3-13(7)8(14)17-6-9(10,11)12/h7H,2-6H2,1H3. The molecule has 1 fully saturated rings. The number of ether oxygens (including phenoxy) is 1. The van der Waals surface area contributed by atoms with Crippen molar-refractivity contribution < 1.29 is 31.1 Å². The summed E-state index contributed by atoms with van der Waals surface area (Å²) in [5.74, 6) is 0.440. The number of amides is 1. The third-order valence-corrected chi connectivity index (χ3v) is 5.78. The Morgan fingerprint density at radius 1 is 1.47 bits per heavy atom. The number of alkyl halides is 3. The Balaban J connectivity index is 2.75. The summed E-state index contributed by atoms with van der Waals surface area (Å²) in [4.78, 5) is 12.4. The molecule has 19 heavy (non-hydrogen) atoms. The zero-order valence-corrected chi connectivity index (χ0v) is 11.8. The summed E-state index contributed by atoms with van der Waals surface area (Å²) in [5, 5.41) is -1.11. The molecule has 0 aromatic rings. The van der Waals surface area contributed by atoms with E-state index in [0.29, 0.717) is 5.75 Å². The first kappa shape index (κ1) is 16.4. The number of nitrogens with zero attached hydrogens (tertiary/aromatic N) is 1. The van der Waals surface area contributed by atoms with Crippen LogP contribution in [0.25, 0.3) is 0 Å². The minimum absolute atomic E-state index is 0.0608. The normalized spacial score (nSPS) is 21.3. The van der Waals surface area contributed by atoms with Crippen molar-refractivity contribution in [1.29, 1.82) is 0 Å². The van der Waals surface area contributed by atoms with Gasteiger partial charge >= 0.3 is 12.3 Å². The molecule has 0 saturated carbocycles. The summed E-state index contributed by atoms with van der Waals surface area (Å²) < 4.78 is 63.6. The van der Waals surface area contributed by atoms with E-state index in [1.54, 1.807) is 0 Å². The predicted octanol–water partition coefficient (Wildman–Crippen LogP) is 1.49. The van der Waals surface area contributed by atoms with Gasteiger partial charge in [-0.05, 0) is 0 Å². The van der Waals surface area contributed by atoms with Crippen LogP contribution in [0.15, 0.2) is 0 Å². The zero-order chi connectivity index (χ0) is 14.7. The highest BCUT2D eigenvalue weighted by Gasteiger charge is 2.38. The molecular formula is C9H14F3NO4S2. The smallest absolute Gasteiger partial charge is 0.422 e. The molecule has 0 bridgehead atoms. The van der Waals surface area contributed by atoms with E-state index in [1.807, 2.05) is 0 Å². The van der Waals surface area contributed by atoms with Crippen molar-refractivity contribution in [3.8, 4) is 0 Å². The minimum atomic E-state index is -4.63. The van der Waals surface area contributed by atoms with Crippen LogP contribution in [0.4, 0.5) is 18.0 Å². The summed E-state index contributed by atoms with van der Waals surface area (Å²) in [5.41, 5.74) is 0. The van der Waals surface area contributed by atoms with Gasteiger partial charge in [-0.3, -0.25) is 4.90 Å². The Morgan fingerprint density at radius 2 is 2.11 bits per heavy atom. The number of carbonyl (C=O) groups excluding carboxylic acids is 1. The number of sulfone groups is 1. The molecule has 0 N–H and O–H groups in total. The van der Waals surface area contributed by atoms with Gasteiger partial charge in [0.05, 0.1) is 0 Å². The van der Waals surface area contributed by atoms with Gasteiger partial charge in [0.25, 0.3) is 0 Å². The molecule has 1 aliphatic heterocycles. The molecule has 0 spiro atoms. The highest BCUT2D eigenvalue weighted by Crippen LogP contribution is 2.23. The molecular weight excluding hydrogens is 307 g/mol. The maximum atomic E-state index is 12.0. The van der Waals surface area contributed by atoms with Crippen LogP contribution >= 0.6 is 11.8 Å². The van der Waals surface area contributed by atoms with Crippen LogP contribution in [0.1, 0.15) is 6.92 Å². The van der Waals surface area contributed by atoms with Crippen LogP contribution in [0, 0.1) is 0 Å². The van der Waals surface area contributed by atoms with E-state index in [4.69, 9.17) is 0 Å². The third kappa shape index (κ3) is 4.75. The first-order valence-electron chi connectivity index (χ1n) is 5.47. The Hall–Kier alpha value is -0.640. The second kappa shape index (κ2) is 6.21. The SMILES string of the molecule is CCS(=O)(=O)C1CSCCN1C(=O)OCC(F)(F)F. The first-order valence-corrected chi connectivity index (χ1v) is 8.34. The van der Waals surface area contributed by atoms with Gasteiger partial charge in [-0.2, -0.15) is 24.9 Å². The average Bonchev–Trinajstić information content (AvgIpc) is 2.35. The molecule has 1 saturated heterocycles. The van der Waals surface area contributed by atoms with E-state index < -0.39 is 34.1 Å². The van der Waals surface area contributed by atoms with Crippen molar-refractivity contribution in [1.82, 2.24) is 4.90 Å². The maximum absolute atomic E-state index is 12.0. The Morgan fingerprint density at radius 3 is 2.63 bits per heavy atom. The van der Waals surface area contributed by atoms with E-state index in [2.05, 4.69) is 4.74 Å². The van der Waals surface area contributed by atoms with Gasteiger partial charge in [-0.15, -0.1) is 0 Å². The fraction of sp³-hybridized carbons (Fsp3) is 0.889. The van der Waals surface area contributed by atoms with Crippen molar-refractivity contribution in [3.63, 3.8) is 0 Å². The maximum Gasteiger partial charge on any atom is 0.422 e. The molecule has 1 amide bonds. The second-order valence-corrected chi connectivity index (χ2v) is 7.44. The molecule has 10 heteroatoms. The van der Waals surface area contributed by atoms with Crippen molar-refractivity contribution in [2.75, 3.05) is 30.4 Å². The molecule has 1 rings (SSSR count). The van der Waals surface area contributed by atoms with Gasteiger partial charge < -0.3 is 4.74 Å². The van der Waals surface area contributed by atoms with Gasteiger partial charge in [-0.25, -0.2) is 13.2 Å². The first-order chi connectivity index (χ1) is 8.67. The molecule has 5 nitrogen and oxygen atoms in total. The zero-order valence-electron chi connectivity index (χ0n) is 10.1. The van der Waals surface area contributed by atoms with E-state index in [9.17, 15) is 26.4 Å². The molecule has 0 aromatic carbocycles. The van der Waals surface area contributed by atoms with Crippen molar-refractivity contribution in [3.05, 3.63) is 0 Å². The quantitative estimate of drug-likeness (QED) is 0.788. The molecule has 1 heterocycles. The average molecular weight is 321 g/mol. The van der Waals surface area contributed by atoms with Gasteiger partial charge in [0.2, 0.25) is 0 Å². The van der Waals surface area contributed by atoms with E-state index in [-0.39, 0.29) is 18.1 Å². The van der Waals surface area contributed by atoms with E-state index >= 15 is 0 Å². The number of carbonyl (C=O) groups is 1. The molecule has 1 atom stereocenters. The van der Waals surface area contributed by atoms with Gasteiger partial charge in [0.15, 0.2) is 16.4 Å². The van der Waals surface area contributed by atoms with Crippen molar-refractivity contribution >= 4 is 27.7 Å². The van der Waals surface area contributed by atoms with Crippen molar-refractivity contribution in [2.24, 2.45) is 0 Å². The number of hydrogen-bond acceptors (Lipinski definition) is 5. The lowest BCUT2D eigenvalue weighted by atomic mass is 10.5. The number of thioether (sulfide) groups is 1. The Labute approximate surface area is 113 Å². The lowest BCUT2D eigenvalue weighted by Crippen LogP contribution is -2.51. The van der Waals surface area contributed by atoms with Crippen LogP contribution in [0.3, 0.4) is 0 Å². The Bertz CT molecular complexity index is 424.